The van der Waals surface area contributed by atoms with Crippen molar-refractivity contribution in [1.82, 2.24) is 0 Å². The SMILES string of the molecule is CC1(O)COCCCO1.CC1CCCOC(O)CO1.CC1CCCOCC(O)O1.CC1OCCCOC1(C)O.CC1OCCCOC1O.OC12CCCC1OCCCCO2.OC12CCCC1OCCCO2.OC12CCCCC1OCCCCO2.OC12CCCCC1OCCCO2.OC1COCCCCO1. The first-order chi connectivity index (χ1) is 50.4. The van der Waals surface area contributed by atoms with Crippen molar-refractivity contribution < 1.29 is 146 Å². The first kappa shape index (κ1) is 94.4. The lowest BCUT2D eigenvalue weighted by molar-refractivity contribution is -0.287. The highest BCUT2D eigenvalue weighted by Gasteiger charge is 2.46. The molecule has 105 heavy (non-hydrogen) atoms. The average Bonchev–Trinajstić information content (AvgIpc) is 1.81. The van der Waals surface area contributed by atoms with Gasteiger partial charge in [-0.15, -0.1) is 0 Å². The second-order valence-corrected chi connectivity index (χ2v) is 29.3. The quantitative estimate of drug-likeness (QED) is 0.129. The normalized spacial score (nSPS) is 40.0. The molecule has 30 heteroatoms. The molecule has 10 saturated heterocycles. The Kier molecular flexibility index (Phi) is 47.6. The zero-order chi connectivity index (χ0) is 76.1. The van der Waals surface area contributed by atoms with Gasteiger partial charge in [0.25, 0.3) is 0 Å². The molecule has 30 nitrogen and oxygen atoms in total. The van der Waals surface area contributed by atoms with Crippen LogP contribution in [0, 0.1) is 0 Å². The molecule has 622 valence electrons. The Hall–Kier alpha value is -1.20. The lowest BCUT2D eigenvalue weighted by atomic mass is 9.91. The highest BCUT2D eigenvalue weighted by atomic mass is 16.7. The minimum atomic E-state index is -1.10. The lowest BCUT2D eigenvalue weighted by Gasteiger charge is -2.40. The van der Waals surface area contributed by atoms with Crippen LogP contribution in [0.4, 0.5) is 0 Å². The molecule has 0 spiro atoms. The number of fused-ring (bicyclic) bond motifs is 4. The van der Waals surface area contributed by atoms with Gasteiger partial charge in [0.15, 0.2) is 59.9 Å². The Morgan fingerprint density at radius 3 is 1.20 bits per heavy atom. The monoisotopic (exact) mass is 1520 g/mol. The van der Waals surface area contributed by atoms with E-state index in [4.69, 9.17) is 115 Å². The number of hydrogen-bond acceptors (Lipinski definition) is 30. The van der Waals surface area contributed by atoms with Crippen molar-refractivity contribution in [2.24, 2.45) is 0 Å². The molecular weight excluding hydrogens is 1380 g/mol. The van der Waals surface area contributed by atoms with E-state index in [1.807, 2.05) is 20.8 Å². The maximum absolute atomic E-state index is 10.1. The number of aliphatic hydroxyl groups is 10. The first-order valence-corrected chi connectivity index (χ1v) is 39.8. The predicted octanol–water partition coefficient (Wildman–Crippen LogP) is 6.17. The summed E-state index contributed by atoms with van der Waals surface area (Å²) in [7, 11) is 0. The second-order valence-electron chi connectivity index (χ2n) is 29.3. The van der Waals surface area contributed by atoms with Gasteiger partial charge in [0.2, 0.25) is 0 Å². The van der Waals surface area contributed by atoms with Crippen molar-refractivity contribution in [3.05, 3.63) is 0 Å². The average molecular weight is 1520 g/mol. The summed E-state index contributed by atoms with van der Waals surface area (Å²) in [4.78, 5) is 0. The summed E-state index contributed by atoms with van der Waals surface area (Å²) < 4.78 is 105. The maximum atomic E-state index is 10.1. The molecule has 4 saturated carbocycles. The van der Waals surface area contributed by atoms with Gasteiger partial charge in [-0.25, -0.2) is 0 Å². The standard InChI is InChI=1S/C10H18O3.2C9H16O3.C8H14O3.3C7H14O3.3C6H12O3/c11-10-6-2-1-5-9(10)12-7-3-4-8-13-10;10-9-5-3-4-8(9)11-6-1-2-7-12-9;10-9-5-2-1-4-8(9)11-6-3-7-12-9;9-8-4-1-3-7(8)10-5-2-6-11-8;1-6-7(2,8)10-5-3-4-9-6;1-6-3-2-4-9-7(8)5-10-6;1-6-3-2-4-9-5-7(8)10-6;1-6(7)5-8-3-2-4-9-6;1-5-6(7)9-4-2-3-8-5;7-6-5-8-3-1-2-4-9-6/h9,11H,1-8H2;2*8,10H,1-7H2;7,9H,1-6H2;6,8H,3-5H2,1-2H3;2*6-8H,2-5H2,1H3;7H,2-5H2,1H3;5-7H,2-4H2,1H3;6-7H,1-5H2. The number of rotatable bonds is 0. The molecule has 18 atom stereocenters. The van der Waals surface area contributed by atoms with Crippen molar-refractivity contribution in [2.75, 3.05) is 145 Å². The summed E-state index contributed by atoms with van der Waals surface area (Å²) in [6, 6.07) is 0. The van der Waals surface area contributed by atoms with Gasteiger partial charge in [-0.2, -0.15) is 0 Å². The van der Waals surface area contributed by atoms with Crippen LogP contribution < -0.4 is 0 Å². The molecule has 0 radical (unpaired) electrons. The minimum Gasteiger partial charge on any atom is -0.376 e. The highest BCUT2D eigenvalue weighted by Crippen LogP contribution is 2.38. The third-order valence-electron chi connectivity index (χ3n) is 19.6. The topological polar surface area (TPSA) is 387 Å². The fourth-order valence-electron chi connectivity index (χ4n) is 13.1. The summed E-state index contributed by atoms with van der Waals surface area (Å²) >= 11 is 0. The van der Waals surface area contributed by atoms with E-state index in [1.54, 1.807) is 20.8 Å². The number of ether oxygens (including phenoxy) is 20. The van der Waals surface area contributed by atoms with Crippen LogP contribution in [0.1, 0.15) is 228 Å². The summed E-state index contributed by atoms with van der Waals surface area (Å²) in [6.45, 7) is 24.3. The molecule has 14 rings (SSSR count). The molecule has 4 aliphatic carbocycles. The molecule has 10 aliphatic heterocycles. The van der Waals surface area contributed by atoms with E-state index in [-0.39, 0.29) is 55.4 Å². The van der Waals surface area contributed by atoms with Crippen LogP contribution in [0.25, 0.3) is 0 Å². The summed E-state index contributed by atoms with van der Waals surface area (Å²) in [5.74, 6) is -6.00. The van der Waals surface area contributed by atoms with E-state index >= 15 is 0 Å². The van der Waals surface area contributed by atoms with Crippen LogP contribution in [-0.2, 0) is 94.7 Å². The Labute approximate surface area is 625 Å². The van der Waals surface area contributed by atoms with E-state index in [9.17, 15) is 30.6 Å². The molecule has 0 amide bonds. The first-order valence-electron chi connectivity index (χ1n) is 39.8. The third kappa shape index (κ3) is 39.4. The molecule has 10 N–H and O–H groups in total. The molecule has 10 heterocycles. The molecule has 14 aliphatic rings. The smallest absolute Gasteiger partial charge is 0.192 e. The van der Waals surface area contributed by atoms with Crippen molar-refractivity contribution in [1.29, 1.82) is 0 Å². The predicted molar refractivity (Wildman–Crippen MR) is 381 cm³/mol. The Morgan fingerprint density at radius 1 is 0.276 bits per heavy atom. The zero-order valence-corrected chi connectivity index (χ0v) is 64.6. The second kappa shape index (κ2) is 53.0. The van der Waals surface area contributed by atoms with Gasteiger partial charge in [-0.05, 0) is 189 Å². The Balaban J connectivity index is 0.000000210. The van der Waals surface area contributed by atoms with Gasteiger partial charge in [0, 0.05) is 98.4 Å². The molecule has 0 aromatic carbocycles. The summed E-state index contributed by atoms with van der Waals surface area (Å²) in [5, 5.41) is 94.6. The van der Waals surface area contributed by atoms with E-state index < -0.39 is 59.9 Å². The Morgan fingerprint density at radius 2 is 0.638 bits per heavy atom. The van der Waals surface area contributed by atoms with E-state index in [2.05, 4.69) is 0 Å². The minimum absolute atomic E-state index is 0.0648. The van der Waals surface area contributed by atoms with Crippen molar-refractivity contribution >= 4 is 0 Å². The van der Waals surface area contributed by atoms with Crippen LogP contribution in [0.15, 0.2) is 0 Å². The van der Waals surface area contributed by atoms with Gasteiger partial charge in [-0.1, -0.05) is 12.8 Å². The molecule has 0 aromatic heterocycles. The fraction of sp³-hybridized carbons (Fsp3) is 1.00. The summed E-state index contributed by atoms with van der Waals surface area (Å²) in [6.07, 6.45) is 24.5. The van der Waals surface area contributed by atoms with Crippen LogP contribution in [0.5, 0.6) is 0 Å². The molecule has 0 aromatic rings. The largest absolute Gasteiger partial charge is 0.376 e. The third-order valence-corrected chi connectivity index (χ3v) is 19.6. The van der Waals surface area contributed by atoms with E-state index in [1.165, 1.54) is 0 Å². The van der Waals surface area contributed by atoms with Gasteiger partial charge in [-0.3, -0.25) is 0 Å². The van der Waals surface area contributed by atoms with E-state index in [0.717, 1.165) is 226 Å². The lowest BCUT2D eigenvalue weighted by Crippen LogP contribution is -2.49. The van der Waals surface area contributed by atoms with Crippen molar-refractivity contribution in [2.45, 2.75) is 336 Å². The Bertz CT molecular complexity index is 2080. The van der Waals surface area contributed by atoms with Crippen molar-refractivity contribution in [3.8, 4) is 0 Å². The van der Waals surface area contributed by atoms with Crippen LogP contribution >= 0.6 is 0 Å². The number of hydrogen-bond donors (Lipinski definition) is 10. The van der Waals surface area contributed by atoms with Gasteiger partial charge < -0.3 is 146 Å². The maximum Gasteiger partial charge on any atom is 0.192 e. The zero-order valence-electron chi connectivity index (χ0n) is 64.6. The van der Waals surface area contributed by atoms with E-state index in [0.29, 0.717) is 99.1 Å². The van der Waals surface area contributed by atoms with Gasteiger partial charge >= 0.3 is 0 Å². The van der Waals surface area contributed by atoms with Crippen LogP contribution in [-0.4, -0.2) is 305 Å². The summed E-state index contributed by atoms with van der Waals surface area (Å²) in [5.41, 5.74) is 0. The van der Waals surface area contributed by atoms with Gasteiger partial charge in [0.05, 0.1) is 78.3 Å². The van der Waals surface area contributed by atoms with Crippen LogP contribution in [0.3, 0.4) is 0 Å². The highest BCUT2D eigenvalue weighted by molar-refractivity contribution is 4.89. The van der Waals surface area contributed by atoms with Crippen LogP contribution in [0.2, 0.25) is 0 Å². The van der Waals surface area contributed by atoms with Gasteiger partial charge in [0.1, 0.15) is 43.2 Å². The molecule has 14 fully saturated rings. The molecule has 18 unspecified atom stereocenters. The molecular formula is C75H142O30. The fourth-order valence-corrected chi connectivity index (χ4v) is 13.1. The molecule has 0 bridgehead atoms. The number of aliphatic hydroxyl groups excluding tert-OH is 4. The van der Waals surface area contributed by atoms with Crippen molar-refractivity contribution in [3.63, 3.8) is 0 Å².